The molecule has 6 heteroatoms. The number of amides is 1. The number of aromatic nitrogens is 1. The van der Waals surface area contributed by atoms with Gasteiger partial charge in [-0.2, -0.15) is 0 Å². The zero-order valence-electron chi connectivity index (χ0n) is 7.55. The van der Waals surface area contributed by atoms with E-state index in [1.165, 1.54) is 0 Å². The monoisotopic (exact) mass is 184 g/mol. The first-order valence-electron chi connectivity index (χ1n) is 3.81. The van der Waals surface area contributed by atoms with Crippen molar-refractivity contribution >= 4 is 5.91 Å². The van der Waals surface area contributed by atoms with E-state index >= 15 is 0 Å². The number of nitrogens with two attached hydrogens (primary N) is 1. The van der Waals surface area contributed by atoms with Gasteiger partial charge in [0.25, 0.3) is 5.91 Å². The summed E-state index contributed by atoms with van der Waals surface area (Å²) in [5, 5.41) is 6.51. The number of nitrogens with zero attached hydrogens (tertiary/aromatic N) is 1. The molecule has 0 aromatic carbocycles. The average Bonchev–Trinajstić information content (AvgIpc) is 2.48. The van der Waals surface area contributed by atoms with Gasteiger partial charge in [-0.25, -0.2) is 5.84 Å². The summed E-state index contributed by atoms with van der Waals surface area (Å²) in [5.41, 5.74) is 2.96. The minimum absolute atomic E-state index is 0.231. The van der Waals surface area contributed by atoms with Crippen LogP contribution >= 0.6 is 0 Å². The molecule has 0 radical (unpaired) electrons. The third-order valence-corrected chi connectivity index (χ3v) is 1.68. The summed E-state index contributed by atoms with van der Waals surface area (Å²) in [6.45, 7) is 2.27. The minimum atomic E-state index is -0.442. The van der Waals surface area contributed by atoms with E-state index in [1.54, 1.807) is 14.0 Å². The molecule has 0 aliphatic heterocycles. The molecule has 1 amide bonds. The summed E-state index contributed by atoms with van der Waals surface area (Å²) in [6, 6.07) is 0. The van der Waals surface area contributed by atoms with Crippen molar-refractivity contribution in [3.8, 4) is 0 Å². The standard InChI is InChI=1S/C7H12N4O2/c1-4-5(3-9-2)6(11-13-4)7(12)10-8/h9H,3,8H2,1-2H3,(H,10,12). The maximum atomic E-state index is 11.1. The summed E-state index contributed by atoms with van der Waals surface area (Å²) in [6.07, 6.45) is 0. The van der Waals surface area contributed by atoms with Crippen molar-refractivity contribution in [2.24, 2.45) is 5.84 Å². The Morgan fingerprint density at radius 1 is 1.69 bits per heavy atom. The molecule has 0 saturated carbocycles. The topological polar surface area (TPSA) is 93.2 Å². The first-order valence-corrected chi connectivity index (χ1v) is 3.81. The third-order valence-electron chi connectivity index (χ3n) is 1.68. The smallest absolute Gasteiger partial charge is 0.287 e. The highest BCUT2D eigenvalue weighted by molar-refractivity contribution is 5.93. The first-order chi connectivity index (χ1) is 6.20. The van der Waals surface area contributed by atoms with Crippen molar-refractivity contribution in [1.82, 2.24) is 15.9 Å². The van der Waals surface area contributed by atoms with E-state index in [9.17, 15) is 4.79 Å². The molecule has 0 bridgehead atoms. The second-order valence-electron chi connectivity index (χ2n) is 2.57. The Kier molecular flexibility index (Phi) is 2.99. The molecule has 0 spiro atoms. The second-order valence-corrected chi connectivity index (χ2v) is 2.57. The average molecular weight is 184 g/mol. The van der Waals surface area contributed by atoms with Crippen molar-refractivity contribution in [2.75, 3.05) is 7.05 Å². The minimum Gasteiger partial charge on any atom is -0.361 e. The molecule has 0 fully saturated rings. The number of hydrazine groups is 1. The molecule has 0 unspecified atom stereocenters. The number of nitrogens with one attached hydrogen (secondary N) is 2. The molecule has 0 saturated heterocycles. The third kappa shape index (κ3) is 1.85. The first kappa shape index (κ1) is 9.69. The van der Waals surface area contributed by atoms with E-state index in [0.29, 0.717) is 12.3 Å². The summed E-state index contributed by atoms with van der Waals surface area (Å²) in [7, 11) is 1.77. The van der Waals surface area contributed by atoms with E-state index in [-0.39, 0.29) is 5.69 Å². The van der Waals surface area contributed by atoms with Gasteiger partial charge in [-0.3, -0.25) is 10.2 Å². The zero-order chi connectivity index (χ0) is 9.84. The number of rotatable bonds is 3. The lowest BCUT2D eigenvalue weighted by atomic mass is 10.2. The van der Waals surface area contributed by atoms with Crippen molar-refractivity contribution < 1.29 is 9.32 Å². The van der Waals surface area contributed by atoms with Gasteiger partial charge < -0.3 is 9.84 Å². The molecular formula is C7H12N4O2. The highest BCUT2D eigenvalue weighted by Gasteiger charge is 2.17. The fourth-order valence-electron chi connectivity index (χ4n) is 1.02. The van der Waals surface area contributed by atoms with Crippen molar-refractivity contribution in [3.05, 3.63) is 17.0 Å². The van der Waals surface area contributed by atoms with Crippen LogP contribution in [0.3, 0.4) is 0 Å². The van der Waals surface area contributed by atoms with Gasteiger partial charge in [0.15, 0.2) is 5.69 Å². The van der Waals surface area contributed by atoms with Gasteiger partial charge in [-0.15, -0.1) is 0 Å². The van der Waals surface area contributed by atoms with E-state index < -0.39 is 5.91 Å². The van der Waals surface area contributed by atoms with Crippen LogP contribution in [-0.2, 0) is 6.54 Å². The van der Waals surface area contributed by atoms with Gasteiger partial charge in [-0.05, 0) is 14.0 Å². The Balaban J connectivity index is 2.99. The van der Waals surface area contributed by atoms with Crippen molar-refractivity contribution in [3.63, 3.8) is 0 Å². The Hall–Kier alpha value is -1.40. The second kappa shape index (κ2) is 4.01. The van der Waals surface area contributed by atoms with Gasteiger partial charge in [-0.1, -0.05) is 5.16 Å². The van der Waals surface area contributed by atoms with E-state index in [0.717, 1.165) is 5.56 Å². The number of carbonyl (C=O) groups is 1. The molecule has 6 nitrogen and oxygen atoms in total. The summed E-state index contributed by atoms with van der Waals surface area (Å²) >= 11 is 0. The zero-order valence-corrected chi connectivity index (χ0v) is 7.55. The van der Waals surface area contributed by atoms with Gasteiger partial charge in [0.1, 0.15) is 5.76 Å². The predicted molar refractivity (Wildman–Crippen MR) is 45.7 cm³/mol. The molecule has 1 rings (SSSR count). The van der Waals surface area contributed by atoms with Crippen molar-refractivity contribution in [1.29, 1.82) is 0 Å². The molecular weight excluding hydrogens is 172 g/mol. The van der Waals surface area contributed by atoms with Crippen LogP contribution in [-0.4, -0.2) is 18.1 Å². The lowest BCUT2D eigenvalue weighted by Crippen LogP contribution is -2.31. The lowest BCUT2D eigenvalue weighted by Gasteiger charge is -1.99. The predicted octanol–water partition coefficient (Wildman–Crippen LogP) is -0.694. The number of carbonyl (C=O) groups excluding carboxylic acids is 1. The summed E-state index contributed by atoms with van der Waals surface area (Å²) in [5.74, 6) is 5.15. The van der Waals surface area contributed by atoms with Crippen LogP contribution in [0.25, 0.3) is 0 Å². The maximum absolute atomic E-state index is 11.1. The summed E-state index contributed by atoms with van der Waals surface area (Å²) < 4.78 is 4.86. The maximum Gasteiger partial charge on any atom is 0.287 e. The molecule has 0 atom stereocenters. The lowest BCUT2D eigenvalue weighted by molar-refractivity contribution is 0.0943. The molecule has 4 N–H and O–H groups in total. The molecule has 1 aromatic heterocycles. The molecule has 72 valence electrons. The Morgan fingerprint density at radius 2 is 2.38 bits per heavy atom. The number of nitrogen functional groups attached to an aromatic ring is 1. The SMILES string of the molecule is CNCc1c(C(=O)NN)noc1C. The normalized spacial score (nSPS) is 10.1. The van der Waals surface area contributed by atoms with Gasteiger partial charge in [0.05, 0.1) is 0 Å². The Bertz CT molecular complexity index is 307. The fourth-order valence-corrected chi connectivity index (χ4v) is 1.02. The number of hydrogen-bond acceptors (Lipinski definition) is 5. The van der Waals surface area contributed by atoms with Crippen LogP contribution in [0, 0.1) is 6.92 Å². The van der Waals surface area contributed by atoms with Crippen LogP contribution in [0.5, 0.6) is 0 Å². The molecule has 0 aliphatic carbocycles. The highest BCUT2D eigenvalue weighted by atomic mass is 16.5. The fraction of sp³-hybridized carbons (Fsp3) is 0.429. The van der Waals surface area contributed by atoms with Crippen LogP contribution < -0.4 is 16.6 Å². The molecule has 1 heterocycles. The van der Waals surface area contributed by atoms with Crippen molar-refractivity contribution in [2.45, 2.75) is 13.5 Å². The highest BCUT2D eigenvalue weighted by Crippen LogP contribution is 2.12. The molecule has 0 aliphatic rings. The Labute approximate surface area is 75.4 Å². The van der Waals surface area contributed by atoms with Gasteiger partial charge >= 0.3 is 0 Å². The van der Waals surface area contributed by atoms with E-state index in [2.05, 4.69) is 10.5 Å². The largest absolute Gasteiger partial charge is 0.361 e. The van der Waals surface area contributed by atoms with Crippen LogP contribution in [0.1, 0.15) is 21.8 Å². The summed E-state index contributed by atoms with van der Waals surface area (Å²) in [4.78, 5) is 11.1. The van der Waals surface area contributed by atoms with Gasteiger partial charge in [0, 0.05) is 12.1 Å². The Morgan fingerprint density at radius 3 is 2.92 bits per heavy atom. The van der Waals surface area contributed by atoms with Crippen LogP contribution in [0.2, 0.25) is 0 Å². The van der Waals surface area contributed by atoms with Gasteiger partial charge in [0.2, 0.25) is 0 Å². The van der Waals surface area contributed by atoms with E-state index in [4.69, 9.17) is 10.4 Å². The number of aryl methyl sites for hydroxylation is 1. The van der Waals surface area contributed by atoms with Crippen LogP contribution in [0.15, 0.2) is 4.52 Å². The molecule has 1 aromatic rings. The number of hydrogen-bond donors (Lipinski definition) is 3. The quantitative estimate of drug-likeness (QED) is 0.328. The van der Waals surface area contributed by atoms with E-state index in [1.807, 2.05) is 5.43 Å². The molecule has 13 heavy (non-hydrogen) atoms. The van der Waals surface area contributed by atoms with Crippen LogP contribution in [0.4, 0.5) is 0 Å².